The van der Waals surface area contributed by atoms with Gasteiger partial charge < -0.3 is 50.1 Å². The molecule has 3 aliphatic rings. The maximum Gasteiger partial charge on any atom is 0.451 e. The fraction of sp³-hybridized carbons (Fsp3) is 0.382. The summed E-state index contributed by atoms with van der Waals surface area (Å²) in [6.07, 6.45) is 19.0. The van der Waals surface area contributed by atoms with Crippen LogP contribution in [0.2, 0.25) is 0 Å². The highest BCUT2D eigenvalue weighted by Crippen LogP contribution is 2.40. The molecule has 0 spiro atoms. The molecule has 12 rings (SSSR count). The van der Waals surface area contributed by atoms with Gasteiger partial charge in [-0.2, -0.15) is 13.2 Å². The summed E-state index contributed by atoms with van der Waals surface area (Å²) in [5.74, 6) is 2.92. The normalized spacial score (nSPS) is 17.4. The molecule has 5 atom stereocenters. The molecule has 0 bridgehead atoms. The van der Waals surface area contributed by atoms with Crippen molar-refractivity contribution in [2.75, 3.05) is 45.0 Å². The third-order valence-electron chi connectivity index (χ3n) is 17.1. The van der Waals surface area contributed by atoms with E-state index in [0.29, 0.717) is 69.7 Å². The number of Topliss-reactive ketones (excluding diaryl/α,β-unsaturated/α-hetero) is 1. The number of hydrogen-bond acceptors (Lipinski definition) is 24. The lowest BCUT2D eigenvalue weighted by Gasteiger charge is -2.33. The van der Waals surface area contributed by atoms with Crippen molar-refractivity contribution in [2.45, 2.75) is 181 Å². The lowest BCUT2D eigenvalue weighted by Crippen LogP contribution is -2.45. The molecule has 2 saturated carbocycles. The van der Waals surface area contributed by atoms with Crippen LogP contribution in [0.25, 0.3) is 0 Å². The summed E-state index contributed by atoms with van der Waals surface area (Å²) in [4.78, 5) is 89.4. The summed E-state index contributed by atoms with van der Waals surface area (Å²) < 4.78 is 57.5. The molecule has 3 aromatic carbocycles. The van der Waals surface area contributed by atoms with Gasteiger partial charge in [0.15, 0.2) is 21.2 Å². The van der Waals surface area contributed by atoms with Crippen molar-refractivity contribution >= 4 is 143 Å². The van der Waals surface area contributed by atoms with E-state index >= 15 is 0 Å². The topological polar surface area (TPSA) is 278 Å². The molecule has 1 aliphatic heterocycles. The number of benzene rings is 3. The molecule has 9 aromatic rings. The molecule has 3 fully saturated rings. The van der Waals surface area contributed by atoms with Gasteiger partial charge in [0, 0.05) is 86.3 Å². The zero-order valence-corrected chi connectivity index (χ0v) is 65.8. The van der Waals surface area contributed by atoms with Gasteiger partial charge in [0.05, 0.1) is 67.1 Å². The maximum atomic E-state index is 13.1. The number of ketones is 1. The first-order valence-electron chi connectivity index (χ1n) is 34.8. The molecule has 31 heteroatoms. The van der Waals surface area contributed by atoms with Crippen molar-refractivity contribution in [3.05, 3.63) is 194 Å². The van der Waals surface area contributed by atoms with Crippen molar-refractivity contribution in [1.82, 2.24) is 34.8 Å². The number of halogens is 3. The Morgan fingerprint density at radius 3 is 1.34 bits per heavy atom. The second-order valence-corrected chi connectivity index (χ2v) is 35.8. The summed E-state index contributed by atoms with van der Waals surface area (Å²) >= 11 is 11.3. The molecule has 107 heavy (non-hydrogen) atoms. The maximum absolute atomic E-state index is 13.1. The van der Waals surface area contributed by atoms with Crippen molar-refractivity contribution in [2.24, 2.45) is 5.92 Å². The van der Waals surface area contributed by atoms with E-state index in [4.69, 9.17) is 13.3 Å². The number of carbonyl (C=O) groups is 5. The van der Waals surface area contributed by atoms with E-state index in [2.05, 4.69) is 135 Å². The highest BCUT2D eigenvalue weighted by Gasteiger charge is 2.36. The number of nitrogens with one attached hydrogen (secondary N) is 6. The number of anilines is 6. The van der Waals surface area contributed by atoms with Gasteiger partial charge in [0.2, 0.25) is 41.2 Å². The smallest absolute Gasteiger partial charge is 0.444 e. The van der Waals surface area contributed by atoms with E-state index in [0.717, 1.165) is 103 Å². The highest BCUT2D eigenvalue weighted by molar-refractivity contribution is 8.01. The summed E-state index contributed by atoms with van der Waals surface area (Å²) in [5.41, 5.74) is 3.14. The average molecular weight is 1590 g/mol. The largest absolute Gasteiger partial charge is 0.451 e. The first-order chi connectivity index (χ1) is 51.2. The van der Waals surface area contributed by atoms with Crippen LogP contribution in [0, 0.1) is 5.92 Å². The predicted octanol–water partition coefficient (Wildman–Crippen LogP) is 19.3. The Bertz CT molecular complexity index is 4270. The number of alkyl halides is 3. The summed E-state index contributed by atoms with van der Waals surface area (Å²) in [6.45, 7) is 24.2. The lowest BCUT2D eigenvalue weighted by molar-refractivity contribution is -0.153. The van der Waals surface area contributed by atoms with Gasteiger partial charge in [0.1, 0.15) is 11.5 Å². The van der Waals surface area contributed by atoms with Crippen molar-refractivity contribution < 1.29 is 50.4 Å². The Hall–Kier alpha value is -8.46. The average Bonchev–Trinajstić information content (AvgIpc) is 1.72. The third-order valence-corrected chi connectivity index (χ3v) is 24.7. The summed E-state index contributed by atoms with van der Waals surface area (Å²) in [6, 6.07) is 22.4. The van der Waals surface area contributed by atoms with Crippen molar-refractivity contribution in [3.63, 3.8) is 0 Å². The molecule has 4 amide bonds. The minimum absolute atomic E-state index is 0.00668. The fourth-order valence-corrected chi connectivity index (χ4v) is 18.2. The van der Waals surface area contributed by atoms with Crippen LogP contribution in [0.15, 0.2) is 179 Å². The Balaban J connectivity index is 0.000000172. The van der Waals surface area contributed by atoms with Crippen molar-refractivity contribution in [1.29, 1.82) is 0 Å². The number of oxazole rings is 3. The van der Waals surface area contributed by atoms with Crippen LogP contribution in [0.5, 0.6) is 0 Å². The standard InChI is InChI=1S/C27H32N4O3S2.C26H32N4O2S3.C23H22F3N5O3S2/c1-5-22(32)30-19-11-9-17(10-12-19)25(33)18-7-6-8-20(13-18)31-26-29-15-24(36-26)35-16-23-28-14-21(34-23)27(2,3)4;1-5-22(31)29-17-9-11-19(12-10-17)34-20-8-6-7-18(13-20)30-25-28-15-24(35-25)33-16-23-27-14-21(32-23)26(2,3)4;1-2-18(32)29-15-7-5-14(6-8-15)21(33)31-9-3-4-16(12-31)30-22-28-11-20(36-22)35-13-19-27-10-17(34-19)23(24,25)26/h5,9-12,14-15,18,20H,1,6-8,13,16H2,2-4H3,(H,29,31)(H,30,32);5,9-12,14-15,18,20H,1,6-8,13,16H2,2-4H3,(H,28,30)(H,29,31);2,5-8,10-11,16H,1,3-4,9,12-13H2,(H,28,30)(H,29,32)/t18?,20-;18-,20?;16-/m111/s1. The number of aromatic nitrogens is 6. The highest BCUT2D eigenvalue weighted by atomic mass is 32.2. The molecule has 566 valence electrons. The van der Waals surface area contributed by atoms with Gasteiger partial charge >= 0.3 is 6.18 Å². The minimum Gasteiger partial charge on any atom is -0.444 e. The van der Waals surface area contributed by atoms with E-state index in [1.807, 2.05) is 48.7 Å². The number of thioether (sulfide) groups is 4. The van der Waals surface area contributed by atoms with E-state index in [1.165, 1.54) is 59.1 Å². The predicted molar refractivity (Wildman–Crippen MR) is 425 cm³/mol. The number of amides is 4. The molecule has 7 heterocycles. The van der Waals surface area contributed by atoms with Gasteiger partial charge in [-0.3, -0.25) is 24.0 Å². The van der Waals surface area contributed by atoms with Gasteiger partial charge in [0.25, 0.3) is 5.91 Å². The summed E-state index contributed by atoms with van der Waals surface area (Å²) in [5, 5.41) is 21.8. The first-order valence-corrected chi connectivity index (χ1v) is 41.1. The molecule has 0 radical (unpaired) electrons. The number of thiazole rings is 3. The molecule has 2 aliphatic carbocycles. The van der Waals surface area contributed by atoms with Crippen molar-refractivity contribution in [3.8, 4) is 0 Å². The van der Waals surface area contributed by atoms with Crippen LogP contribution >= 0.6 is 81.1 Å². The van der Waals surface area contributed by atoms with Gasteiger partial charge in [-0.05, 0) is 142 Å². The fourth-order valence-electron chi connectivity index (χ4n) is 11.5. The van der Waals surface area contributed by atoms with Crippen LogP contribution in [-0.4, -0.2) is 101 Å². The molecular weight excluding hydrogens is 1500 g/mol. The number of nitrogens with zero attached hydrogens (tertiary/aromatic N) is 7. The number of carbonyl (C=O) groups excluding carboxylic acids is 5. The number of hydrogen-bond donors (Lipinski definition) is 6. The quantitative estimate of drug-likeness (QED) is 0.0167. The Morgan fingerprint density at radius 2 is 0.907 bits per heavy atom. The van der Waals surface area contributed by atoms with E-state index in [1.54, 1.807) is 106 Å². The minimum atomic E-state index is -4.56. The number of rotatable bonds is 26. The van der Waals surface area contributed by atoms with Crippen LogP contribution < -0.4 is 31.9 Å². The molecule has 21 nitrogen and oxygen atoms in total. The van der Waals surface area contributed by atoms with Crippen LogP contribution in [0.4, 0.5) is 45.6 Å². The first kappa shape index (κ1) is 81.1. The van der Waals surface area contributed by atoms with E-state index in [-0.39, 0.29) is 69.9 Å². The Morgan fingerprint density at radius 1 is 0.505 bits per heavy atom. The Labute approximate surface area is 649 Å². The van der Waals surface area contributed by atoms with Gasteiger partial charge in [-0.15, -0.1) is 47.0 Å². The second-order valence-electron chi connectivity index (χ2n) is 27.5. The van der Waals surface area contributed by atoms with Gasteiger partial charge in [-0.25, -0.2) is 29.9 Å². The lowest BCUT2D eigenvalue weighted by atomic mass is 9.81. The monoisotopic (exact) mass is 1590 g/mol. The van der Waals surface area contributed by atoms with Gasteiger partial charge in [-0.1, -0.05) is 108 Å². The van der Waals surface area contributed by atoms with Crippen LogP contribution in [0.1, 0.15) is 161 Å². The van der Waals surface area contributed by atoms with Crippen LogP contribution in [0.3, 0.4) is 0 Å². The zero-order chi connectivity index (χ0) is 76.3. The number of likely N-dealkylation sites (tertiary alicyclic amines) is 1. The Kier molecular flexibility index (Phi) is 28.8. The second kappa shape index (κ2) is 38.1. The molecular formula is C76H86F3N13O8S7. The third kappa shape index (κ3) is 25.0. The SMILES string of the molecule is C=CC(=O)Nc1ccc(C(=O)C2CCC[C@@H](Nc3ncc(SCc4ncc(C(C)(C)C)o4)s3)C2)cc1.C=CC(=O)Nc1ccc(C(=O)N2CCC[C@@H](Nc3ncc(SCc4ncc(C(F)(F)F)o4)s3)C2)cc1.C=CC(=O)Nc1ccc(SC2CCC[C@@H](Nc3ncc(SCc4ncc(C(C)(C)C)o4)s3)C2)cc1. The summed E-state index contributed by atoms with van der Waals surface area (Å²) in [7, 11) is 0. The molecule has 6 N–H and O–H groups in total. The van der Waals surface area contributed by atoms with E-state index in [9.17, 15) is 37.1 Å². The molecule has 1 saturated heterocycles. The molecule has 2 unspecified atom stereocenters. The van der Waals surface area contributed by atoms with E-state index < -0.39 is 11.9 Å². The molecule has 6 aromatic heterocycles. The number of piperidine rings is 1. The zero-order valence-electron chi connectivity index (χ0n) is 60.1. The van der Waals surface area contributed by atoms with Crippen LogP contribution in [-0.2, 0) is 48.6 Å².